The zero-order valence-electron chi connectivity index (χ0n) is 23.0. The number of alkyl halides is 2. The average molecular weight is 604 g/mol. The van der Waals surface area contributed by atoms with Crippen LogP contribution < -0.4 is 15.8 Å². The van der Waals surface area contributed by atoms with Gasteiger partial charge in [0.05, 0.1) is 17.4 Å². The molecule has 4 heterocycles. The molecule has 2 aromatic heterocycles. The van der Waals surface area contributed by atoms with Crippen LogP contribution in [0.15, 0.2) is 71.7 Å². The third kappa shape index (κ3) is 5.65. The van der Waals surface area contributed by atoms with E-state index in [2.05, 4.69) is 29.0 Å². The Morgan fingerprint density at radius 3 is 2.81 bits per heavy atom. The third-order valence-electron chi connectivity index (χ3n) is 7.63. The molecular formula is C32H28F3N5O2S. The molecule has 0 atom stereocenters. The fraction of sp³-hybridized carbons (Fsp3) is 0.219. The number of thiophene rings is 1. The van der Waals surface area contributed by atoms with E-state index in [0.29, 0.717) is 35.6 Å². The van der Waals surface area contributed by atoms with Crippen molar-refractivity contribution in [1.82, 2.24) is 15.2 Å². The topological polar surface area (TPSA) is 92.8 Å². The van der Waals surface area contributed by atoms with Crippen molar-refractivity contribution in [2.24, 2.45) is 10.7 Å². The highest BCUT2D eigenvalue weighted by Gasteiger charge is 2.29. The molecule has 220 valence electrons. The Morgan fingerprint density at radius 1 is 1.21 bits per heavy atom. The Bertz CT molecular complexity index is 1780. The number of fused-ring (bicyclic) bond motifs is 2. The zero-order valence-corrected chi connectivity index (χ0v) is 23.8. The van der Waals surface area contributed by atoms with Gasteiger partial charge in [-0.25, -0.2) is 9.37 Å². The van der Waals surface area contributed by atoms with Crippen molar-refractivity contribution in [2.75, 3.05) is 19.6 Å². The van der Waals surface area contributed by atoms with Crippen molar-refractivity contribution in [2.45, 2.75) is 25.6 Å². The summed E-state index contributed by atoms with van der Waals surface area (Å²) in [5.74, 6) is -1.19. The van der Waals surface area contributed by atoms with Gasteiger partial charge in [-0.05, 0) is 59.8 Å². The van der Waals surface area contributed by atoms with E-state index in [0.717, 1.165) is 41.2 Å². The molecule has 6 rings (SSSR count). The monoisotopic (exact) mass is 603 g/mol. The van der Waals surface area contributed by atoms with Crippen LogP contribution in [0.2, 0.25) is 0 Å². The number of rotatable bonds is 8. The smallest absolute Gasteiger partial charge is 0.387 e. The molecule has 7 nitrogen and oxygen atoms in total. The highest BCUT2D eigenvalue weighted by molar-refractivity contribution is 7.18. The van der Waals surface area contributed by atoms with Crippen molar-refractivity contribution < 1.29 is 22.7 Å². The number of nitrogens with one attached hydrogen (secondary N) is 1. The average Bonchev–Trinajstić information content (AvgIpc) is 3.47. The maximum absolute atomic E-state index is 14.3. The van der Waals surface area contributed by atoms with Gasteiger partial charge in [0.2, 0.25) is 5.91 Å². The zero-order chi connectivity index (χ0) is 30.1. The molecule has 0 spiro atoms. The first-order chi connectivity index (χ1) is 20.9. The van der Waals surface area contributed by atoms with Gasteiger partial charge < -0.3 is 20.7 Å². The molecule has 0 aliphatic carbocycles. The summed E-state index contributed by atoms with van der Waals surface area (Å²) < 4.78 is 46.7. The summed E-state index contributed by atoms with van der Waals surface area (Å²) in [6.45, 7) is 2.90. The number of nitrogens with two attached hydrogens (primary N) is 1. The molecule has 4 aromatic rings. The first kappa shape index (κ1) is 28.6. The van der Waals surface area contributed by atoms with Gasteiger partial charge in [0.25, 0.3) is 0 Å². The standard InChI is InChI=1S/C32H28F3N5O2S/c1-2-27(41)40-16-23(17-40)38-15-21(13-36)30-28(24-6-5-22(33)12-26(24)42-32(34)35)31-25(8-10-43-31)29(39-30)19-3-4-20-14-37-9-7-18(20)11-19/h2-6,8,10-13,15,23,32,37H,1,7,9,14,16-17,36H2/b21-13+,38-15?. The van der Waals surface area contributed by atoms with Crippen LogP contribution in [0.25, 0.3) is 38.0 Å². The number of pyridine rings is 1. The summed E-state index contributed by atoms with van der Waals surface area (Å²) in [7, 11) is 0. The van der Waals surface area contributed by atoms with E-state index in [-0.39, 0.29) is 23.3 Å². The van der Waals surface area contributed by atoms with Gasteiger partial charge in [-0.1, -0.05) is 18.7 Å². The van der Waals surface area contributed by atoms with Crippen LogP contribution in [-0.4, -0.2) is 54.3 Å². The Hall–Kier alpha value is -4.48. The molecule has 0 bridgehead atoms. The first-order valence-electron chi connectivity index (χ1n) is 13.7. The third-order valence-corrected chi connectivity index (χ3v) is 8.56. The highest BCUT2D eigenvalue weighted by Crippen LogP contribution is 2.45. The quantitative estimate of drug-likeness (QED) is 0.197. The number of benzene rings is 2. The number of likely N-dealkylation sites (tertiary alicyclic amines) is 1. The van der Waals surface area contributed by atoms with Crippen LogP contribution in [0.1, 0.15) is 16.8 Å². The molecule has 0 saturated carbocycles. The summed E-state index contributed by atoms with van der Waals surface area (Å²) in [5.41, 5.74) is 11.8. The van der Waals surface area contributed by atoms with Crippen molar-refractivity contribution in [3.8, 4) is 28.1 Å². The molecule has 1 fully saturated rings. The maximum atomic E-state index is 14.3. The van der Waals surface area contributed by atoms with Crippen LogP contribution >= 0.6 is 11.3 Å². The SMILES string of the molecule is C=CC(=O)N1CC(N=C/C(=C\N)c2nc(-c3ccc4c(c3)CCNC4)c3ccsc3c2-c2ccc(F)cc2OC(F)F)C1. The summed E-state index contributed by atoms with van der Waals surface area (Å²) >= 11 is 1.41. The predicted octanol–water partition coefficient (Wildman–Crippen LogP) is 5.78. The second-order valence-electron chi connectivity index (χ2n) is 10.3. The molecule has 2 aliphatic rings. The normalized spacial score (nSPS) is 15.6. The minimum absolute atomic E-state index is 0.148. The lowest BCUT2D eigenvalue weighted by Crippen LogP contribution is -2.52. The van der Waals surface area contributed by atoms with Gasteiger partial charge in [0.15, 0.2) is 0 Å². The van der Waals surface area contributed by atoms with Gasteiger partial charge in [0, 0.05) is 70.5 Å². The van der Waals surface area contributed by atoms with Crippen LogP contribution in [0.5, 0.6) is 5.75 Å². The largest absolute Gasteiger partial charge is 0.434 e. The number of amides is 1. The second-order valence-corrected chi connectivity index (χ2v) is 11.2. The van der Waals surface area contributed by atoms with E-state index in [9.17, 15) is 18.0 Å². The van der Waals surface area contributed by atoms with Crippen LogP contribution in [0, 0.1) is 5.82 Å². The molecule has 3 N–H and O–H groups in total. The Balaban J connectivity index is 1.52. The van der Waals surface area contributed by atoms with Crippen LogP contribution in [-0.2, 0) is 17.8 Å². The van der Waals surface area contributed by atoms with E-state index in [4.69, 9.17) is 15.5 Å². The second kappa shape index (κ2) is 12.0. The molecule has 11 heteroatoms. The number of halogens is 3. The number of hydrogen-bond donors (Lipinski definition) is 2. The van der Waals surface area contributed by atoms with Gasteiger partial charge in [-0.15, -0.1) is 11.3 Å². The summed E-state index contributed by atoms with van der Waals surface area (Å²) in [6, 6.07) is 11.6. The van der Waals surface area contributed by atoms with Gasteiger partial charge in [0.1, 0.15) is 11.6 Å². The minimum atomic E-state index is -3.16. The number of hydrogen-bond acceptors (Lipinski definition) is 7. The Morgan fingerprint density at radius 2 is 2.05 bits per heavy atom. The lowest BCUT2D eigenvalue weighted by molar-refractivity contribution is -0.130. The number of carbonyl (C=O) groups excluding carboxylic acids is 1. The molecule has 0 radical (unpaired) electrons. The van der Waals surface area contributed by atoms with E-state index < -0.39 is 12.4 Å². The molecule has 2 aromatic carbocycles. The molecule has 2 aliphatic heterocycles. The first-order valence-corrected chi connectivity index (χ1v) is 14.6. The maximum Gasteiger partial charge on any atom is 0.387 e. The van der Waals surface area contributed by atoms with E-state index in [1.165, 1.54) is 46.9 Å². The number of carbonyl (C=O) groups is 1. The minimum Gasteiger partial charge on any atom is -0.434 e. The molecule has 1 amide bonds. The Kier molecular flexibility index (Phi) is 8.00. The summed E-state index contributed by atoms with van der Waals surface area (Å²) in [6.07, 6.45) is 5.10. The summed E-state index contributed by atoms with van der Waals surface area (Å²) in [5, 5.41) is 6.10. The van der Waals surface area contributed by atoms with Gasteiger partial charge in [-0.2, -0.15) is 8.78 Å². The number of nitrogens with zero attached hydrogens (tertiary/aromatic N) is 3. The van der Waals surface area contributed by atoms with E-state index in [1.54, 1.807) is 11.1 Å². The summed E-state index contributed by atoms with van der Waals surface area (Å²) in [4.78, 5) is 23.2. The molecular weight excluding hydrogens is 575 g/mol. The number of allylic oxidation sites excluding steroid dienone is 1. The number of aromatic nitrogens is 1. The van der Waals surface area contributed by atoms with E-state index in [1.807, 2.05) is 17.5 Å². The molecule has 1 saturated heterocycles. The molecule has 43 heavy (non-hydrogen) atoms. The lowest BCUT2D eigenvalue weighted by atomic mass is 9.93. The number of ether oxygens (including phenoxy) is 1. The Labute approximate surface area is 250 Å². The van der Waals surface area contributed by atoms with Crippen molar-refractivity contribution >= 4 is 39.1 Å². The van der Waals surface area contributed by atoms with Crippen molar-refractivity contribution in [3.63, 3.8) is 0 Å². The highest BCUT2D eigenvalue weighted by atomic mass is 32.1. The fourth-order valence-corrected chi connectivity index (χ4v) is 6.41. The predicted molar refractivity (Wildman–Crippen MR) is 164 cm³/mol. The van der Waals surface area contributed by atoms with Crippen molar-refractivity contribution in [3.05, 3.63) is 89.3 Å². The van der Waals surface area contributed by atoms with E-state index >= 15 is 0 Å². The van der Waals surface area contributed by atoms with Gasteiger partial charge in [-0.3, -0.25) is 9.79 Å². The molecule has 0 unspecified atom stereocenters. The van der Waals surface area contributed by atoms with Gasteiger partial charge >= 0.3 is 6.61 Å². The van der Waals surface area contributed by atoms with Crippen LogP contribution in [0.4, 0.5) is 13.2 Å². The number of aliphatic imine (C=N–C) groups is 1. The van der Waals surface area contributed by atoms with Crippen molar-refractivity contribution in [1.29, 1.82) is 0 Å². The van der Waals surface area contributed by atoms with Crippen LogP contribution in [0.3, 0.4) is 0 Å². The lowest BCUT2D eigenvalue weighted by Gasteiger charge is -2.36. The fourth-order valence-electron chi connectivity index (χ4n) is 5.45.